The molecule has 0 radical (unpaired) electrons. The van der Waals surface area contributed by atoms with Gasteiger partial charge in [-0.15, -0.1) is 0 Å². The minimum Gasteiger partial charge on any atom is -0.463 e. The molecule has 0 aliphatic carbocycles. The third-order valence-corrected chi connectivity index (χ3v) is 2.55. The first-order chi connectivity index (χ1) is 9.35. The van der Waals surface area contributed by atoms with Gasteiger partial charge in [0.1, 0.15) is 12.7 Å². The maximum absolute atomic E-state index is 11.1. The summed E-state index contributed by atoms with van der Waals surface area (Å²) >= 11 is 0. The lowest BCUT2D eigenvalue weighted by atomic mass is 10.1. The Morgan fingerprint density at radius 2 is 1.50 bits per heavy atom. The molecule has 1 fully saturated rings. The van der Waals surface area contributed by atoms with Crippen molar-refractivity contribution in [2.45, 2.75) is 45.4 Å². The molecule has 0 N–H and O–H groups in total. The standard InChI is InChI=1S/C12H18O8/c1-6(13)17-5-9-10(18-7(2)14)11(19-8(3)15)12(16-4)20-9/h9-12H,5H2,1-4H3/t9-,10-,11+,12?/m0/s1. The van der Waals surface area contributed by atoms with Crippen LogP contribution in [-0.2, 0) is 38.1 Å². The van der Waals surface area contributed by atoms with Crippen LogP contribution in [0.2, 0.25) is 0 Å². The quantitative estimate of drug-likeness (QED) is 0.506. The molecule has 1 rings (SSSR count). The molecule has 0 aromatic rings. The zero-order valence-corrected chi connectivity index (χ0v) is 11.8. The van der Waals surface area contributed by atoms with Crippen LogP contribution in [0, 0.1) is 0 Å². The second kappa shape index (κ2) is 7.20. The smallest absolute Gasteiger partial charge is 0.303 e. The molecule has 20 heavy (non-hydrogen) atoms. The highest BCUT2D eigenvalue weighted by molar-refractivity contribution is 5.67. The van der Waals surface area contributed by atoms with Crippen LogP contribution in [0.5, 0.6) is 0 Å². The van der Waals surface area contributed by atoms with Gasteiger partial charge in [0.15, 0.2) is 18.5 Å². The Hall–Kier alpha value is -1.67. The highest BCUT2D eigenvalue weighted by Gasteiger charge is 2.49. The zero-order valence-electron chi connectivity index (χ0n) is 11.8. The molecular weight excluding hydrogens is 272 g/mol. The maximum atomic E-state index is 11.1. The van der Waals surface area contributed by atoms with Crippen LogP contribution in [0.3, 0.4) is 0 Å². The second-order valence-corrected chi connectivity index (χ2v) is 4.23. The van der Waals surface area contributed by atoms with Crippen molar-refractivity contribution >= 4 is 17.9 Å². The van der Waals surface area contributed by atoms with Crippen LogP contribution in [0.4, 0.5) is 0 Å². The largest absolute Gasteiger partial charge is 0.463 e. The Morgan fingerprint density at radius 3 is 1.95 bits per heavy atom. The van der Waals surface area contributed by atoms with Crippen molar-refractivity contribution in [3.8, 4) is 0 Å². The molecule has 0 aromatic carbocycles. The van der Waals surface area contributed by atoms with Crippen LogP contribution >= 0.6 is 0 Å². The molecule has 1 heterocycles. The summed E-state index contributed by atoms with van der Waals surface area (Å²) in [6, 6.07) is 0. The molecular formula is C12H18O8. The van der Waals surface area contributed by atoms with E-state index in [-0.39, 0.29) is 6.61 Å². The summed E-state index contributed by atoms with van der Waals surface area (Å²) in [5, 5.41) is 0. The molecule has 8 nitrogen and oxygen atoms in total. The fraction of sp³-hybridized carbons (Fsp3) is 0.750. The number of carbonyl (C=O) groups excluding carboxylic acids is 3. The van der Waals surface area contributed by atoms with E-state index in [1.807, 2.05) is 0 Å². The highest BCUT2D eigenvalue weighted by atomic mass is 16.7. The van der Waals surface area contributed by atoms with E-state index in [0.717, 1.165) is 0 Å². The summed E-state index contributed by atoms with van der Waals surface area (Å²) in [6.07, 6.45) is -3.48. The summed E-state index contributed by atoms with van der Waals surface area (Å²) in [5.41, 5.74) is 0. The summed E-state index contributed by atoms with van der Waals surface area (Å²) < 4.78 is 25.5. The molecule has 0 saturated carbocycles. The monoisotopic (exact) mass is 290 g/mol. The SMILES string of the molecule is COC1O[C@@H](COC(C)=O)[C@H](OC(C)=O)[C@H]1OC(C)=O. The fourth-order valence-corrected chi connectivity index (χ4v) is 1.87. The van der Waals surface area contributed by atoms with Gasteiger partial charge in [0.05, 0.1) is 0 Å². The van der Waals surface area contributed by atoms with Crippen LogP contribution in [0.1, 0.15) is 20.8 Å². The van der Waals surface area contributed by atoms with Gasteiger partial charge in [0.2, 0.25) is 0 Å². The highest BCUT2D eigenvalue weighted by Crippen LogP contribution is 2.27. The molecule has 4 atom stereocenters. The number of hydrogen-bond acceptors (Lipinski definition) is 8. The topological polar surface area (TPSA) is 97.4 Å². The van der Waals surface area contributed by atoms with E-state index in [1.165, 1.54) is 27.9 Å². The van der Waals surface area contributed by atoms with Crippen molar-refractivity contribution in [2.75, 3.05) is 13.7 Å². The normalized spacial score (nSPS) is 28.8. The first-order valence-electron chi connectivity index (χ1n) is 6.01. The summed E-state index contributed by atoms with van der Waals surface area (Å²) in [4.78, 5) is 33.1. The molecule has 0 spiro atoms. The molecule has 0 amide bonds. The van der Waals surface area contributed by atoms with E-state index in [1.54, 1.807) is 0 Å². The Kier molecular flexibility index (Phi) is 5.90. The van der Waals surface area contributed by atoms with Crippen LogP contribution in [0.15, 0.2) is 0 Å². The van der Waals surface area contributed by atoms with E-state index in [4.69, 9.17) is 23.7 Å². The summed E-state index contributed by atoms with van der Waals surface area (Å²) in [7, 11) is 1.36. The van der Waals surface area contributed by atoms with Crippen LogP contribution in [0.25, 0.3) is 0 Å². The first-order valence-corrected chi connectivity index (χ1v) is 6.01. The van der Waals surface area contributed by atoms with Gasteiger partial charge >= 0.3 is 17.9 Å². The lowest BCUT2D eigenvalue weighted by Gasteiger charge is -2.22. The van der Waals surface area contributed by atoms with Gasteiger partial charge in [0, 0.05) is 27.9 Å². The lowest BCUT2D eigenvalue weighted by molar-refractivity contribution is -0.181. The van der Waals surface area contributed by atoms with Gasteiger partial charge in [0.25, 0.3) is 0 Å². The van der Waals surface area contributed by atoms with E-state index >= 15 is 0 Å². The van der Waals surface area contributed by atoms with E-state index in [0.29, 0.717) is 0 Å². The van der Waals surface area contributed by atoms with E-state index in [9.17, 15) is 14.4 Å². The predicted octanol–water partition coefficient (Wildman–Crippen LogP) is -0.216. The van der Waals surface area contributed by atoms with E-state index < -0.39 is 42.5 Å². The third kappa shape index (κ3) is 4.46. The number of methoxy groups -OCH3 is 1. The third-order valence-electron chi connectivity index (χ3n) is 2.55. The van der Waals surface area contributed by atoms with Gasteiger partial charge in [-0.3, -0.25) is 14.4 Å². The Bertz CT molecular complexity index is 380. The second-order valence-electron chi connectivity index (χ2n) is 4.23. The van der Waals surface area contributed by atoms with Crippen molar-refractivity contribution < 1.29 is 38.1 Å². The molecule has 1 aliphatic rings. The average molecular weight is 290 g/mol. The van der Waals surface area contributed by atoms with Gasteiger partial charge < -0.3 is 23.7 Å². The average Bonchev–Trinajstić information content (AvgIpc) is 2.63. The summed E-state index contributed by atoms with van der Waals surface area (Å²) in [5.74, 6) is -1.63. The lowest BCUT2D eigenvalue weighted by Crippen LogP contribution is -2.41. The maximum Gasteiger partial charge on any atom is 0.303 e. The molecule has 0 aromatic heterocycles. The predicted molar refractivity (Wildman–Crippen MR) is 63.4 cm³/mol. The number of carbonyl (C=O) groups is 3. The molecule has 114 valence electrons. The van der Waals surface area contributed by atoms with Gasteiger partial charge in [-0.2, -0.15) is 0 Å². The van der Waals surface area contributed by atoms with Gasteiger partial charge in [-0.05, 0) is 0 Å². The summed E-state index contributed by atoms with van der Waals surface area (Å²) in [6.45, 7) is 3.54. The fourth-order valence-electron chi connectivity index (χ4n) is 1.87. The number of hydrogen-bond donors (Lipinski definition) is 0. The Morgan fingerprint density at radius 1 is 0.950 bits per heavy atom. The van der Waals surface area contributed by atoms with Crippen molar-refractivity contribution in [2.24, 2.45) is 0 Å². The van der Waals surface area contributed by atoms with Gasteiger partial charge in [-0.25, -0.2) is 0 Å². The minimum atomic E-state index is -0.915. The molecule has 1 saturated heterocycles. The Balaban J connectivity index is 2.84. The van der Waals surface area contributed by atoms with Gasteiger partial charge in [-0.1, -0.05) is 0 Å². The van der Waals surface area contributed by atoms with Crippen molar-refractivity contribution in [3.63, 3.8) is 0 Å². The number of esters is 3. The molecule has 1 unspecified atom stereocenters. The van der Waals surface area contributed by atoms with Crippen LogP contribution in [-0.4, -0.2) is 56.2 Å². The van der Waals surface area contributed by atoms with Crippen LogP contribution < -0.4 is 0 Å². The zero-order chi connectivity index (χ0) is 15.3. The number of ether oxygens (including phenoxy) is 5. The molecule has 0 bridgehead atoms. The molecule has 1 aliphatic heterocycles. The number of rotatable bonds is 5. The van der Waals surface area contributed by atoms with Crippen molar-refractivity contribution in [3.05, 3.63) is 0 Å². The van der Waals surface area contributed by atoms with Crippen molar-refractivity contribution in [1.82, 2.24) is 0 Å². The Labute approximate surface area is 116 Å². The molecule has 8 heteroatoms. The van der Waals surface area contributed by atoms with E-state index in [2.05, 4.69) is 0 Å². The van der Waals surface area contributed by atoms with Crippen molar-refractivity contribution in [1.29, 1.82) is 0 Å². The first kappa shape index (κ1) is 16.4. The minimum absolute atomic E-state index is 0.134.